The van der Waals surface area contributed by atoms with Gasteiger partial charge in [0.05, 0.1) is 44.5 Å². The number of carbonyl (C=O) groups excluding carboxylic acids is 12. The van der Waals surface area contributed by atoms with Gasteiger partial charge >= 0.3 is 120 Å². The average Bonchev–Trinajstić information content (AvgIpc) is 0.700. The van der Waals surface area contributed by atoms with Gasteiger partial charge < -0.3 is 82.4 Å². The van der Waals surface area contributed by atoms with Gasteiger partial charge in [0.25, 0.3) is 0 Å². The molecular weight excluding hydrogens is 1920 g/mol. The lowest BCUT2D eigenvalue weighted by atomic mass is 9.50. The normalized spacial score (nSPS) is 19.2. The number of alkyl halides is 18. The van der Waals surface area contributed by atoms with Crippen molar-refractivity contribution in [2.75, 3.05) is 39.6 Å². The van der Waals surface area contributed by atoms with E-state index in [0.29, 0.717) is 65.2 Å². The van der Waals surface area contributed by atoms with E-state index in [1.807, 2.05) is 48.5 Å². The van der Waals surface area contributed by atoms with Gasteiger partial charge in [0.15, 0.2) is 22.4 Å². The molecule has 4 bridgehead atoms. The van der Waals surface area contributed by atoms with Crippen LogP contribution in [0.4, 0.5) is 79.0 Å². The molecule has 822 valence electrons. The van der Waals surface area contributed by atoms with Gasteiger partial charge in [-0.15, -0.1) is 0 Å². The molecule has 0 spiro atoms. The molecular formula is C93H150F18O29. The number of rotatable bonds is 40. The maximum atomic E-state index is 13.3. The molecule has 0 aliphatic heterocycles. The molecule has 0 aromatic heterocycles. The summed E-state index contributed by atoms with van der Waals surface area (Å²) in [5.74, 6) is -12.2. The van der Waals surface area contributed by atoms with Crippen molar-refractivity contribution in [2.24, 2.45) is 55.7 Å². The molecule has 140 heavy (non-hydrogen) atoms. The lowest BCUT2D eigenvalue weighted by Crippen LogP contribution is -2.69. The zero-order chi connectivity index (χ0) is 112. The Bertz CT molecular complexity index is 3950. The molecule has 0 heterocycles. The molecule has 4 aliphatic rings. The third-order valence-electron chi connectivity index (χ3n) is 24.0. The van der Waals surface area contributed by atoms with Gasteiger partial charge in [0, 0.05) is 46.0 Å². The summed E-state index contributed by atoms with van der Waals surface area (Å²) in [6.07, 6.45) is -31.3. The molecule has 0 aromatic carbocycles. The van der Waals surface area contributed by atoms with Gasteiger partial charge in [0.2, 0.25) is 0 Å². The molecule has 0 amide bonds. The van der Waals surface area contributed by atoms with E-state index in [1.165, 1.54) is 69.2 Å². The third-order valence-corrected chi connectivity index (χ3v) is 24.0. The van der Waals surface area contributed by atoms with Gasteiger partial charge in [-0.1, -0.05) is 69.2 Å². The SMILES string of the molecule is CCC(C)(C)C(=O)OC(C(=O)OCCC(C)C)(C(F)(F)F)C(F)(F)F.CCC(C)(C)C(=O)OC(C)CC(C)(O)C(F)(F)F.CCC(C)(C)C(=O)OC(CC(C)C)CC(C)(O)C(F)(F)F.CCC(C)(C)C(=O)OC12CC3CC(OC(C)=O)(CC(OC(C)=O)(C3)C1)C2.CCC(C)(C)C(=O)OCC(C)(COC(=O)C(C)(C)O)COC(=O)C(C)(C)O.CCC(C)(C)C(=O)OCCOC(=O)C(O)(C(F)(F)F)C(F)(F)F. The lowest BCUT2D eigenvalue weighted by molar-refractivity contribution is -0.361. The predicted molar refractivity (Wildman–Crippen MR) is 465 cm³/mol. The number of ether oxygens (including phenoxy) is 12. The molecule has 0 saturated heterocycles. The molecule has 4 aliphatic carbocycles. The fourth-order valence-electron chi connectivity index (χ4n) is 12.6. The fourth-order valence-corrected chi connectivity index (χ4v) is 12.6. The minimum absolute atomic E-state index is 0.0476. The summed E-state index contributed by atoms with van der Waals surface area (Å²) in [5.41, 5.74) is -28.6. The van der Waals surface area contributed by atoms with E-state index in [4.69, 9.17) is 43.0 Å². The second kappa shape index (κ2) is 50.8. The molecule has 5 N–H and O–H groups in total. The number of carbonyl (C=O) groups is 12. The molecule has 4 rings (SSSR count). The zero-order valence-electron chi connectivity index (χ0n) is 86.3. The van der Waals surface area contributed by atoms with E-state index in [2.05, 4.69) is 18.9 Å². The molecule has 29 nitrogen and oxygen atoms in total. The van der Waals surface area contributed by atoms with Crippen LogP contribution >= 0.6 is 0 Å². The summed E-state index contributed by atoms with van der Waals surface area (Å²) in [6.45, 7) is 45.6. The Balaban J connectivity index is -0.00000162. The predicted octanol–water partition coefficient (Wildman–Crippen LogP) is 18.8. The molecule has 0 aromatic rings. The summed E-state index contributed by atoms with van der Waals surface area (Å²) in [4.78, 5) is 142. The van der Waals surface area contributed by atoms with E-state index >= 15 is 0 Å². The maximum absolute atomic E-state index is 13.3. The Morgan fingerprint density at radius 1 is 0.321 bits per heavy atom. The van der Waals surface area contributed by atoms with Crippen LogP contribution in [0, 0.1) is 55.7 Å². The van der Waals surface area contributed by atoms with Gasteiger partial charge in [-0.25, -0.2) is 19.2 Å². The second-order valence-corrected chi connectivity index (χ2v) is 42.4. The zero-order valence-corrected chi connectivity index (χ0v) is 86.3. The van der Waals surface area contributed by atoms with Crippen molar-refractivity contribution >= 4 is 71.6 Å². The summed E-state index contributed by atoms with van der Waals surface area (Å²) >= 11 is 0. The Hall–Kier alpha value is -7.82. The highest BCUT2D eigenvalue weighted by molar-refractivity contribution is 5.87. The van der Waals surface area contributed by atoms with Gasteiger partial charge in [-0.3, -0.25) is 38.4 Å². The van der Waals surface area contributed by atoms with Crippen LogP contribution in [0.2, 0.25) is 0 Å². The topological polar surface area (TPSA) is 417 Å². The van der Waals surface area contributed by atoms with Crippen LogP contribution in [0.3, 0.4) is 0 Å². The maximum Gasteiger partial charge on any atom is 0.449 e. The van der Waals surface area contributed by atoms with Crippen LogP contribution in [-0.4, -0.2) is 236 Å². The van der Waals surface area contributed by atoms with E-state index in [-0.39, 0.29) is 74.7 Å². The molecule has 47 heteroatoms. The van der Waals surface area contributed by atoms with Gasteiger partial charge in [-0.05, 0) is 227 Å². The third kappa shape index (κ3) is 41.0. The Morgan fingerprint density at radius 2 is 0.607 bits per heavy atom. The Morgan fingerprint density at radius 3 is 0.907 bits per heavy atom. The first kappa shape index (κ1) is 136. The van der Waals surface area contributed by atoms with Crippen LogP contribution in [0.15, 0.2) is 0 Å². The Labute approximate surface area is 807 Å². The highest BCUT2D eigenvalue weighted by Gasteiger charge is 2.81. The van der Waals surface area contributed by atoms with Crippen molar-refractivity contribution in [3.63, 3.8) is 0 Å². The van der Waals surface area contributed by atoms with Crippen LogP contribution in [0.5, 0.6) is 0 Å². The van der Waals surface area contributed by atoms with E-state index in [1.54, 1.807) is 76.2 Å². The molecule has 6 unspecified atom stereocenters. The van der Waals surface area contributed by atoms with Crippen molar-refractivity contribution in [3.05, 3.63) is 0 Å². The minimum Gasteiger partial charge on any atom is -0.464 e. The standard InChI is InChI=1S/C20H30O6.C19H34O8.C15H22F6O4.C15H27F3O3.C12H16F6O5.C12H21F3O3/c1-6-17(4,5)16(23)26-20-9-15-7-18(11-20,24-13(2)21)10-19(8-15,12-20)25-14(3)22;1-9-16(2,3)13(20)25-10-19(8,11-26-14(21)17(4,5)23)12-27-15(22)18(6,7)24;1-6-12(4,5)10(22)25-13(14(16,17)18,15(19,20)21)11(23)24-8-7-9(2)3;1-7-13(4,5)12(19)21-11(8-10(2)3)9-14(6,20)15(16,17)18;1-4-9(2,3)7(19)22-5-6-23-8(20)10(21,11(13,14)15)12(16,17)18;1-6-10(3,4)9(16)18-8(2)7-11(5,17)12(13,14)15/h15H,6-12H2,1-5H3;23-24H,9-12H2,1-8H3;9H,6-8H2,1-5H3;10-11,20H,7-9H2,1-6H3;21H,4-6H2,1-3H3;8,17H,6-7H2,1-5H3. The molecule has 0 radical (unpaired) electrons. The lowest BCUT2D eigenvalue weighted by Gasteiger charge is -2.63. The van der Waals surface area contributed by atoms with Crippen molar-refractivity contribution in [1.82, 2.24) is 0 Å². The van der Waals surface area contributed by atoms with Crippen LogP contribution in [-0.2, 0) is 114 Å². The summed E-state index contributed by atoms with van der Waals surface area (Å²) in [7, 11) is 0. The molecule has 4 fully saturated rings. The van der Waals surface area contributed by atoms with Crippen molar-refractivity contribution < 1.29 is 219 Å². The van der Waals surface area contributed by atoms with Crippen LogP contribution in [0.25, 0.3) is 0 Å². The highest BCUT2D eigenvalue weighted by Crippen LogP contribution is 2.64. The first-order chi connectivity index (χ1) is 62.1. The average molecular weight is 2070 g/mol. The van der Waals surface area contributed by atoms with Gasteiger partial charge in [0.1, 0.15) is 62.0 Å². The quantitative estimate of drug-likeness (QED) is 0.0165. The first-order valence-electron chi connectivity index (χ1n) is 45.4. The van der Waals surface area contributed by atoms with Crippen LogP contribution < -0.4 is 0 Å². The molecule has 6 atom stereocenters. The summed E-state index contributed by atoms with van der Waals surface area (Å²) < 4.78 is 289. The number of esters is 12. The molecule has 4 saturated carbocycles. The summed E-state index contributed by atoms with van der Waals surface area (Å²) in [6, 6.07) is 0. The number of aliphatic hydroxyl groups is 5. The number of hydrogen-bond acceptors (Lipinski definition) is 29. The fraction of sp³-hybridized carbons (Fsp3) is 0.871. The van der Waals surface area contributed by atoms with E-state index in [9.17, 15) is 157 Å². The van der Waals surface area contributed by atoms with Crippen LogP contribution in [0.1, 0.15) is 324 Å². The second-order valence-electron chi connectivity index (χ2n) is 42.4. The van der Waals surface area contributed by atoms with Crippen molar-refractivity contribution in [2.45, 2.75) is 424 Å². The largest absolute Gasteiger partial charge is 0.464 e. The van der Waals surface area contributed by atoms with E-state index in [0.717, 1.165) is 33.1 Å². The monoisotopic (exact) mass is 2070 g/mol. The Kier molecular flexibility index (Phi) is 49.5. The highest BCUT2D eigenvalue weighted by atomic mass is 19.4. The van der Waals surface area contributed by atoms with E-state index < -0.39 is 224 Å². The number of halogens is 18. The summed E-state index contributed by atoms with van der Waals surface area (Å²) in [5, 5.41) is 46.9. The minimum atomic E-state index is -6.32. The smallest absolute Gasteiger partial charge is 0.449 e. The number of hydrogen-bond donors (Lipinski definition) is 5. The van der Waals surface area contributed by atoms with Crippen molar-refractivity contribution in [3.8, 4) is 0 Å². The van der Waals surface area contributed by atoms with Crippen molar-refractivity contribution in [1.29, 1.82) is 0 Å². The van der Waals surface area contributed by atoms with Gasteiger partial charge in [-0.2, -0.15) is 79.0 Å². The first-order valence-corrected chi connectivity index (χ1v) is 45.4.